The van der Waals surface area contributed by atoms with Gasteiger partial charge in [0.05, 0.1) is 25.4 Å². The van der Waals surface area contributed by atoms with E-state index in [0.29, 0.717) is 17.6 Å². The molecule has 0 aromatic rings. The summed E-state index contributed by atoms with van der Waals surface area (Å²) < 4.78 is 12.6. The lowest BCUT2D eigenvalue weighted by atomic mass is 9.84. The van der Waals surface area contributed by atoms with Crippen LogP contribution in [0.1, 0.15) is 33.6 Å². The van der Waals surface area contributed by atoms with Crippen LogP contribution in [0.15, 0.2) is 0 Å². The predicted octanol–water partition coefficient (Wildman–Crippen LogP) is 3.03. The van der Waals surface area contributed by atoms with Crippen molar-refractivity contribution in [1.82, 2.24) is 0 Å². The van der Waals surface area contributed by atoms with E-state index in [1.54, 1.807) is 0 Å². The van der Waals surface area contributed by atoms with E-state index < -0.39 is 0 Å². The Morgan fingerprint density at radius 2 is 2.29 bits per heavy atom. The third-order valence-electron chi connectivity index (χ3n) is 2.93. The van der Waals surface area contributed by atoms with Gasteiger partial charge in [0.25, 0.3) is 0 Å². The van der Waals surface area contributed by atoms with Crippen molar-refractivity contribution >= 4 is 22.6 Å². The van der Waals surface area contributed by atoms with Gasteiger partial charge < -0.3 is 9.47 Å². The monoisotopic (exact) mass is 312 g/mol. The lowest BCUT2D eigenvalue weighted by molar-refractivity contribution is -0.00114. The van der Waals surface area contributed by atoms with Gasteiger partial charge in [0.1, 0.15) is 0 Å². The topological polar surface area (TPSA) is 18.5 Å². The Morgan fingerprint density at radius 3 is 2.71 bits per heavy atom. The molecular weight excluding hydrogens is 291 g/mol. The van der Waals surface area contributed by atoms with Crippen LogP contribution in [0.5, 0.6) is 0 Å². The number of hydrogen-bond donors (Lipinski definition) is 0. The second-order valence-corrected chi connectivity index (χ2v) is 5.39. The summed E-state index contributed by atoms with van der Waals surface area (Å²) in [6.45, 7) is 8.16. The molecule has 2 atom stereocenters. The van der Waals surface area contributed by atoms with Gasteiger partial charge in [-0.05, 0) is 26.7 Å². The lowest BCUT2D eigenvalue weighted by Crippen LogP contribution is -2.28. The average Bonchev–Trinajstić information content (AvgIpc) is 2.59. The summed E-state index contributed by atoms with van der Waals surface area (Å²) in [7, 11) is 0. The van der Waals surface area contributed by atoms with E-state index in [2.05, 4.69) is 43.4 Å². The fourth-order valence-electron chi connectivity index (χ4n) is 1.79. The maximum Gasteiger partial charge on any atom is 0.0671 e. The van der Waals surface area contributed by atoms with Crippen molar-refractivity contribution in [2.45, 2.75) is 45.8 Å². The van der Waals surface area contributed by atoms with Gasteiger partial charge in [0.15, 0.2) is 0 Å². The molecule has 1 aliphatic heterocycles. The van der Waals surface area contributed by atoms with Crippen molar-refractivity contribution < 1.29 is 9.47 Å². The van der Waals surface area contributed by atoms with Crippen LogP contribution in [-0.4, -0.2) is 29.8 Å². The summed E-state index contributed by atoms with van der Waals surface area (Å²) >= 11 is 2.40. The molecule has 0 aromatic carbocycles. The maximum absolute atomic E-state index is 5.75. The minimum Gasteiger partial charge on any atom is -0.378 e. The first kappa shape index (κ1) is 12.7. The van der Waals surface area contributed by atoms with Crippen LogP contribution < -0.4 is 0 Å². The third-order valence-corrected chi connectivity index (χ3v) is 3.91. The van der Waals surface area contributed by atoms with Crippen molar-refractivity contribution in [3.63, 3.8) is 0 Å². The highest BCUT2D eigenvalue weighted by Crippen LogP contribution is 2.37. The van der Waals surface area contributed by atoms with Crippen LogP contribution in [0.4, 0.5) is 0 Å². The van der Waals surface area contributed by atoms with E-state index in [-0.39, 0.29) is 0 Å². The van der Waals surface area contributed by atoms with E-state index in [1.165, 1.54) is 6.42 Å². The first-order valence-corrected chi connectivity index (χ1v) is 6.93. The summed E-state index contributed by atoms with van der Waals surface area (Å²) in [6.07, 6.45) is 3.11. The summed E-state index contributed by atoms with van der Waals surface area (Å²) in [5, 5.41) is 0. The van der Waals surface area contributed by atoms with Gasteiger partial charge >= 0.3 is 0 Å². The Labute approximate surface area is 101 Å². The highest BCUT2D eigenvalue weighted by molar-refractivity contribution is 14.1. The molecular formula is C11H21IO2. The van der Waals surface area contributed by atoms with Crippen LogP contribution in [0.25, 0.3) is 0 Å². The maximum atomic E-state index is 5.75. The summed E-state index contributed by atoms with van der Waals surface area (Å²) in [5.41, 5.74) is 0.292. The number of halogens is 1. The van der Waals surface area contributed by atoms with E-state index in [0.717, 1.165) is 24.1 Å². The number of ether oxygens (including phenoxy) is 2. The molecule has 0 radical (unpaired) electrons. The molecule has 14 heavy (non-hydrogen) atoms. The molecule has 1 heterocycles. The van der Waals surface area contributed by atoms with Gasteiger partial charge in [0, 0.05) is 9.84 Å². The normalized spacial score (nSPS) is 32.8. The Bertz CT molecular complexity index is 173. The standard InChI is InChI=1S/C11H21IO2/c1-4-11(7-13-9(2)3)5-10(6-12)14-8-11/h9-10H,4-8H2,1-3H3/t10-,11+/m1/s1. The van der Waals surface area contributed by atoms with Gasteiger partial charge in [-0.2, -0.15) is 0 Å². The smallest absolute Gasteiger partial charge is 0.0671 e. The molecule has 0 spiro atoms. The molecule has 1 fully saturated rings. The van der Waals surface area contributed by atoms with Crippen LogP contribution in [0, 0.1) is 5.41 Å². The van der Waals surface area contributed by atoms with Crippen LogP contribution >= 0.6 is 22.6 Å². The first-order valence-electron chi connectivity index (χ1n) is 5.41. The molecule has 0 N–H and O–H groups in total. The minimum absolute atomic E-state index is 0.292. The second-order valence-electron chi connectivity index (χ2n) is 4.50. The number of alkyl halides is 1. The van der Waals surface area contributed by atoms with E-state index in [9.17, 15) is 0 Å². The zero-order chi connectivity index (χ0) is 10.6. The average molecular weight is 312 g/mol. The van der Waals surface area contributed by atoms with Crippen molar-refractivity contribution in [3.8, 4) is 0 Å². The van der Waals surface area contributed by atoms with E-state index in [4.69, 9.17) is 9.47 Å². The summed E-state index contributed by atoms with van der Waals surface area (Å²) in [6, 6.07) is 0. The molecule has 0 aliphatic carbocycles. The zero-order valence-corrected chi connectivity index (χ0v) is 11.5. The molecule has 0 unspecified atom stereocenters. The van der Waals surface area contributed by atoms with E-state index in [1.807, 2.05) is 0 Å². The number of rotatable bonds is 5. The zero-order valence-electron chi connectivity index (χ0n) is 9.38. The second kappa shape index (κ2) is 5.66. The van der Waals surface area contributed by atoms with E-state index >= 15 is 0 Å². The van der Waals surface area contributed by atoms with Gasteiger partial charge in [-0.3, -0.25) is 0 Å². The lowest BCUT2D eigenvalue weighted by Gasteiger charge is -2.26. The first-order chi connectivity index (χ1) is 6.62. The quantitative estimate of drug-likeness (QED) is 0.574. The largest absolute Gasteiger partial charge is 0.378 e. The van der Waals surface area contributed by atoms with Crippen molar-refractivity contribution in [1.29, 1.82) is 0 Å². The Kier molecular flexibility index (Phi) is 5.14. The molecule has 1 rings (SSSR count). The Hall–Kier alpha value is 0.650. The van der Waals surface area contributed by atoms with Crippen LogP contribution in [0.2, 0.25) is 0 Å². The fourth-order valence-corrected chi connectivity index (χ4v) is 2.35. The molecule has 0 amide bonds. The van der Waals surface area contributed by atoms with Gasteiger partial charge in [-0.15, -0.1) is 0 Å². The van der Waals surface area contributed by atoms with Crippen LogP contribution in [-0.2, 0) is 9.47 Å². The van der Waals surface area contributed by atoms with Gasteiger partial charge in [-0.25, -0.2) is 0 Å². The SMILES string of the molecule is CC[C@]1(COC(C)C)CO[C@@H](CI)C1. The third kappa shape index (κ3) is 3.35. The molecule has 2 nitrogen and oxygen atoms in total. The van der Waals surface area contributed by atoms with Crippen LogP contribution in [0.3, 0.4) is 0 Å². The molecule has 0 bridgehead atoms. The molecule has 84 valence electrons. The predicted molar refractivity (Wildman–Crippen MR) is 67.1 cm³/mol. The van der Waals surface area contributed by atoms with Crippen molar-refractivity contribution in [2.24, 2.45) is 5.41 Å². The Balaban J connectivity index is 2.43. The van der Waals surface area contributed by atoms with Gasteiger partial charge in [0.2, 0.25) is 0 Å². The van der Waals surface area contributed by atoms with Gasteiger partial charge in [-0.1, -0.05) is 29.5 Å². The molecule has 1 saturated heterocycles. The fraction of sp³-hybridized carbons (Fsp3) is 1.00. The van der Waals surface area contributed by atoms with Crippen molar-refractivity contribution in [2.75, 3.05) is 17.6 Å². The highest BCUT2D eigenvalue weighted by atomic mass is 127. The molecule has 3 heteroatoms. The highest BCUT2D eigenvalue weighted by Gasteiger charge is 2.38. The van der Waals surface area contributed by atoms with Crippen molar-refractivity contribution in [3.05, 3.63) is 0 Å². The molecule has 1 aliphatic rings. The number of hydrogen-bond acceptors (Lipinski definition) is 2. The minimum atomic E-state index is 0.292. The Morgan fingerprint density at radius 1 is 1.57 bits per heavy atom. The molecule has 0 saturated carbocycles. The molecule has 0 aromatic heterocycles. The summed E-state index contributed by atoms with van der Waals surface area (Å²) in [5.74, 6) is 0. The summed E-state index contributed by atoms with van der Waals surface area (Å²) in [4.78, 5) is 0.